The Morgan fingerprint density at radius 1 is 1.41 bits per heavy atom. The highest BCUT2D eigenvalue weighted by atomic mass is 35.5. The monoisotopic (exact) mass is 324 g/mol. The van der Waals surface area contributed by atoms with E-state index < -0.39 is 0 Å². The van der Waals surface area contributed by atoms with E-state index in [0.717, 1.165) is 0 Å². The fraction of sp³-hybridized carbons (Fsp3) is 0.357. The SMILES string of the molecule is CNC(=O)c1ccc(NCC(=O)N2CCNC(=O)C2)cc1Cl. The highest BCUT2D eigenvalue weighted by Crippen LogP contribution is 2.20. The van der Waals surface area contributed by atoms with E-state index in [1.165, 1.54) is 11.9 Å². The van der Waals surface area contributed by atoms with Crippen LogP contribution in [-0.2, 0) is 9.59 Å². The molecule has 1 saturated heterocycles. The molecule has 0 spiro atoms. The van der Waals surface area contributed by atoms with E-state index in [1.54, 1.807) is 18.2 Å². The lowest BCUT2D eigenvalue weighted by Gasteiger charge is -2.26. The van der Waals surface area contributed by atoms with E-state index in [1.807, 2.05) is 0 Å². The first-order valence-corrected chi connectivity index (χ1v) is 7.19. The third-order valence-corrected chi connectivity index (χ3v) is 3.59. The van der Waals surface area contributed by atoms with Gasteiger partial charge in [0.05, 0.1) is 23.7 Å². The van der Waals surface area contributed by atoms with Crippen LogP contribution >= 0.6 is 11.6 Å². The van der Waals surface area contributed by atoms with Gasteiger partial charge in [-0.25, -0.2) is 0 Å². The van der Waals surface area contributed by atoms with E-state index in [4.69, 9.17) is 11.6 Å². The van der Waals surface area contributed by atoms with Crippen LogP contribution in [0, 0.1) is 0 Å². The van der Waals surface area contributed by atoms with Crippen LogP contribution in [0.4, 0.5) is 5.69 Å². The summed E-state index contributed by atoms with van der Waals surface area (Å²) in [6.07, 6.45) is 0. The standard InChI is InChI=1S/C14H17ClN4O3/c1-16-14(22)10-3-2-9(6-11(10)15)18-7-13(21)19-5-4-17-12(20)8-19/h2-3,6,18H,4-5,7-8H2,1H3,(H,16,22)(H,17,20). The van der Waals surface area contributed by atoms with Crippen molar-refractivity contribution in [2.45, 2.75) is 0 Å². The number of hydrogen-bond acceptors (Lipinski definition) is 4. The van der Waals surface area contributed by atoms with Gasteiger partial charge >= 0.3 is 0 Å². The summed E-state index contributed by atoms with van der Waals surface area (Å²) in [5, 5.41) is 8.40. The molecular formula is C14H17ClN4O3. The third kappa shape index (κ3) is 3.88. The predicted octanol–water partition coefficient (Wildman–Crippen LogP) is 0.0699. The molecule has 0 aromatic heterocycles. The number of hydrogen-bond donors (Lipinski definition) is 3. The van der Waals surface area contributed by atoms with Gasteiger partial charge in [-0.2, -0.15) is 0 Å². The van der Waals surface area contributed by atoms with Crippen LogP contribution in [0.2, 0.25) is 5.02 Å². The maximum absolute atomic E-state index is 12.0. The van der Waals surface area contributed by atoms with Crippen molar-refractivity contribution in [2.75, 3.05) is 38.5 Å². The van der Waals surface area contributed by atoms with Crippen LogP contribution in [0.25, 0.3) is 0 Å². The molecule has 1 aliphatic heterocycles. The molecule has 1 aromatic carbocycles. The minimum atomic E-state index is -0.271. The quantitative estimate of drug-likeness (QED) is 0.731. The van der Waals surface area contributed by atoms with Gasteiger partial charge < -0.3 is 20.9 Å². The van der Waals surface area contributed by atoms with Gasteiger partial charge in [0.15, 0.2) is 0 Å². The van der Waals surface area contributed by atoms with E-state index >= 15 is 0 Å². The fourth-order valence-electron chi connectivity index (χ4n) is 2.08. The average molecular weight is 325 g/mol. The van der Waals surface area contributed by atoms with Crippen molar-refractivity contribution in [3.05, 3.63) is 28.8 Å². The molecule has 0 bridgehead atoms. The van der Waals surface area contributed by atoms with Gasteiger partial charge in [0, 0.05) is 25.8 Å². The number of nitrogens with zero attached hydrogens (tertiary/aromatic N) is 1. The maximum Gasteiger partial charge on any atom is 0.252 e. The lowest BCUT2D eigenvalue weighted by atomic mass is 10.2. The molecule has 0 radical (unpaired) electrons. The van der Waals surface area contributed by atoms with Crippen molar-refractivity contribution in [3.63, 3.8) is 0 Å². The predicted molar refractivity (Wildman–Crippen MR) is 82.9 cm³/mol. The lowest BCUT2D eigenvalue weighted by molar-refractivity contribution is -0.136. The molecule has 0 saturated carbocycles. The van der Waals surface area contributed by atoms with E-state index in [2.05, 4.69) is 16.0 Å². The van der Waals surface area contributed by atoms with Gasteiger partial charge in [-0.15, -0.1) is 0 Å². The number of carbonyl (C=O) groups is 3. The van der Waals surface area contributed by atoms with Crippen molar-refractivity contribution in [1.82, 2.24) is 15.5 Å². The summed E-state index contributed by atoms with van der Waals surface area (Å²) in [5.74, 6) is -0.592. The Balaban J connectivity index is 1.94. The van der Waals surface area contributed by atoms with Gasteiger partial charge in [-0.05, 0) is 18.2 Å². The van der Waals surface area contributed by atoms with Gasteiger partial charge in [-0.3, -0.25) is 14.4 Å². The topological polar surface area (TPSA) is 90.5 Å². The number of rotatable bonds is 4. The summed E-state index contributed by atoms with van der Waals surface area (Å²) in [6, 6.07) is 4.84. The van der Waals surface area contributed by atoms with Crippen molar-refractivity contribution >= 4 is 35.0 Å². The molecule has 1 fully saturated rings. The molecule has 1 heterocycles. The lowest BCUT2D eigenvalue weighted by Crippen LogP contribution is -2.51. The smallest absolute Gasteiger partial charge is 0.252 e. The van der Waals surface area contributed by atoms with Crippen LogP contribution in [0.15, 0.2) is 18.2 Å². The van der Waals surface area contributed by atoms with Gasteiger partial charge in [0.2, 0.25) is 11.8 Å². The normalized spacial score (nSPS) is 14.3. The summed E-state index contributed by atoms with van der Waals surface area (Å²) in [4.78, 5) is 36.3. The highest BCUT2D eigenvalue weighted by molar-refractivity contribution is 6.34. The van der Waals surface area contributed by atoms with E-state index in [-0.39, 0.29) is 30.8 Å². The van der Waals surface area contributed by atoms with Crippen molar-refractivity contribution in [2.24, 2.45) is 0 Å². The van der Waals surface area contributed by atoms with Crippen LogP contribution in [0.5, 0.6) is 0 Å². The zero-order valence-corrected chi connectivity index (χ0v) is 12.9. The fourth-order valence-corrected chi connectivity index (χ4v) is 2.35. The van der Waals surface area contributed by atoms with E-state index in [9.17, 15) is 14.4 Å². The van der Waals surface area contributed by atoms with Crippen LogP contribution in [-0.4, -0.2) is 55.8 Å². The molecule has 2 rings (SSSR count). The molecule has 3 amide bonds. The molecule has 8 heteroatoms. The first-order chi connectivity index (χ1) is 10.5. The summed E-state index contributed by atoms with van der Waals surface area (Å²) >= 11 is 6.04. The molecule has 118 valence electrons. The number of nitrogens with one attached hydrogen (secondary N) is 3. The first kappa shape index (κ1) is 16.1. The number of carbonyl (C=O) groups excluding carboxylic acids is 3. The highest BCUT2D eigenvalue weighted by Gasteiger charge is 2.20. The zero-order valence-electron chi connectivity index (χ0n) is 12.1. The Morgan fingerprint density at radius 3 is 2.82 bits per heavy atom. The molecular weight excluding hydrogens is 308 g/mol. The molecule has 0 unspecified atom stereocenters. The molecule has 1 aliphatic rings. The second-order valence-corrected chi connectivity index (χ2v) is 5.20. The van der Waals surface area contributed by atoms with E-state index in [0.29, 0.717) is 29.4 Å². The van der Waals surface area contributed by atoms with Crippen LogP contribution in [0.3, 0.4) is 0 Å². The molecule has 22 heavy (non-hydrogen) atoms. The molecule has 3 N–H and O–H groups in total. The summed E-state index contributed by atoms with van der Waals surface area (Å²) in [7, 11) is 1.53. The van der Waals surface area contributed by atoms with Crippen LogP contribution in [0.1, 0.15) is 10.4 Å². The Kier molecular flexibility index (Phi) is 5.21. The minimum absolute atomic E-state index is 0.0585. The molecule has 0 aliphatic carbocycles. The molecule has 7 nitrogen and oxygen atoms in total. The van der Waals surface area contributed by atoms with Crippen molar-refractivity contribution in [3.8, 4) is 0 Å². The average Bonchev–Trinajstić information content (AvgIpc) is 2.52. The van der Waals surface area contributed by atoms with Gasteiger partial charge in [0.25, 0.3) is 5.91 Å². The summed E-state index contributed by atoms with van der Waals surface area (Å²) in [5.41, 5.74) is 1.00. The van der Waals surface area contributed by atoms with Crippen LogP contribution < -0.4 is 16.0 Å². The number of amides is 3. The Bertz CT molecular complexity index is 606. The number of anilines is 1. The third-order valence-electron chi connectivity index (χ3n) is 3.28. The maximum atomic E-state index is 12.0. The second kappa shape index (κ2) is 7.13. The molecule has 0 atom stereocenters. The first-order valence-electron chi connectivity index (χ1n) is 6.81. The van der Waals surface area contributed by atoms with Gasteiger partial charge in [-0.1, -0.05) is 11.6 Å². The van der Waals surface area contributed by atoms with Crippen molar-refractivity contribution < 1.29 is 14.4 Å². The van der Waals surface area contributed by atoms with Gasteiger partial charge in [0.1, 0.15) is 0 Å². The second-order valence-electron chi connectivity index (χ2n) is 4.79. The Labute approximate surface area is 133 Å². The Morgan fingerprint density at radius 2 is 2.18 bits per heavy atom. The zero-order chi connectivity index (χ0) is 16.1. The number of halogens is 1. The largest absolute Gasteiger partial charge is 0.376 e. The summed E-state index contributed by atoms with van der Waals surface area (Å²) < 4.78 is 0. The van der Waals surface area contributed by atoms with Crippen molar-refractivity contribution in [1.29, 1.82) is 0 Å². The molecule has 1 aromatic rings. The number of piperazine rings is 1. The number of benzene rings is 1. The minimum Gasteiger partial charge on any atom is -0.376 e. The Hall–Kier alpha value is -2.28. The summed E-state index contributed by atoms with van der Waals surface area (Å²) in [6.45, 7) is 1.11.